The van der Waals surface area contributed by atoms with Gasteiger partial charge in [0.05, 0.1) is 16.1 Å². The minimum Gasteiger partial charge on any atom is -0.338 e. The van der Waals surface area contributed by atoms with E-state index < -0.39 is 10.0 Å². The first kappa shape index (κ1) is 22.8. The fourth-order valence-electron chi connectivity index (χ4n) is 3.46. The number of anilines is 1. The van der Waals surface area contributed by atoms with Crippen LogP contribution in [0.3, 0.4) is 0 Å². The predicted molar refractivity (Wildman–Crippen MR) is 119 cm³/mol. The number of likely N-dealkylation sites (tertiary alicyclic amines) is 1. The molecule has 2 aromatic carbocycles. The molecule has 3 amide bonds. The van der Waals surface area contributed by atoms with Crippen LogP contribution in [0.2, 0.25) is 0 Å². The summed E-state index contributed by atoms with van der Waals surface area (Å²) in [7, 11) is -3.59. The lowest BCUT2D eigenvalue weighted by Crippen LogP contribution is -2.46. The first-order valence-corrected chi connectivity index (χ1v) is 11.8. The summed E-state index contributed by atoms with van der Waals surface area (Å²) in [5.41, 5.74) is 0.849. The fourth-order valence-corrected chi connectivity index (χ4v) is 4.78. The van der Waals surface area contributed by atoms with Gasteiger partial charge >= 0.3 is 6.03 Å². The molecule has 0 unspecified atom stereocenters. The zero-order chi connectivity index (χ0) is 22.4. The topological polar surface area (TPSA) is 108 Å². The SMILES string of the molecule is CC(C)NC(=O)Nc1ccccc1C(=O)N1CCC(NS(=O)(=O)c2ccccc2)CC1. The lowest BCUT2D eigenvalue weighted by Gasteiger charge is -2.32. The zero-order valence-electron chi connectivity index (χ0n) is 17.7. The fraction of sp³-hybridized carbons (Fsp3) is 0.364. The van der Waals surface area contributed by atoms with Crippen LogP contribution >= 0.6 is 0 Å². The molecular weight excluding hydrogens is 416 g/mol. The van der Waals surface area contributed by atoms with Crippen LogP contribution in [-0.2, 0) is 10.0 Å². The van der Waals surface area contributed by atoms with Gasteiger partial charge in [0.15, 0.2) is 0 Å². The molecule has 0 aliphatic carbocycles. The number of urea groups is 1. The van der Waals surface area contributed by atoms with Crippen molar-refractivity contribution in [3.63, 3.8) is 0 Å². The van der Waals surface area contributed by atoms with Crippen molar-refractivity contribution in [2.75, 3.05) is 18.4 Å². The van der Waals surface area contributed by atoms with Crippen molar-refractivity contribution in [3.05, 3.63) is 60.2 Å². The minimum atomic E-state index is -3.59. The smallest absolute Gasteiger partial charge is 0.319 e. The normalized spacial score (nSPS) is 15.0. The summed E-state index contributed by atoms with van der Waals surface area (Å²) >= 11 is 0. The van der Waals surface area contributed by atoms with Crippen molar-refractivity contribution in [3.8, 4) is 0 Å². The molecule has 1 heterocycles. The van der Waals surface area contributed by atoms with Gasteiger partial charge in [0, 0.05) is 25.2 Å². The van der Waals surface area contributed by atoms with Crippen LogP contribution in [0.5, 0.6) is 0 Å². The Morgan fingerprint density at radius 1 is 0.968 bits per heavy atom. The van der Waals surface area contributed by atoms with Gasteiger partial charge in [0.2, 0.25) is 10.0 Å². The van der Waals surface area contributed by atoms with E-state index in [1.165, 1.54) is 0 Å². The Kier molecular flexibility index (Phi) is 7.29. The summed E-state index contributed by atoms with van der Waals surface area (Å²) in [6, 6.07) is 14.5. The lowest BCUT2D eigenvalue weighted by atomic mass is 10.0. The summed E-state index contributed by atoms with van der Waals surface area (Å²) in [4.78, 5) is 27.0. The van der Waals surface area contributed by atoms with E-state index in [2.05, 4.69) is 15.4 Å². The number of hydrogen-bond donors (Lipinski definition) is 3. The molecule has 8 nitrogen and oxygen atoms in total. The van der Waals surface area contributed by atoms with Gasteiger partial charge < -0.3 is 15.5 Å². The largest absolute Gasteiger partial charge is 0.338 e. The number of nitrogens with one attached hydrogen (secondary N) is 3. The van der Waals surface area contributed by atoms with E-state index in [1.54, 1.807) is 59.5 Å². The first-order valence-electron chi connectivity index (χ1n) is 10.3. The van der Waals surface area contributed by atoms with Gasteiger partial charge in [-0.15, -0.1) is 0 Å². The van der Waals surface area contributed by atoms with Crippen molar-refractivity contribution in [1.29, 1.82) is 0 Å². The number of piperidine rings is 1. The van der Waals surface area contributed by atoms with Crippen LogP contribution in [-0.4, -0.2) is 50.4 Å². The standard InChI is InChI=1S/C22H28N4O4S/c1-16(2)23-22(28)24-20-11-7-6-10-19(20)21(27)26-14-12-17(13-15-26)25-31(29,30)18-8-4-3-5-9-18/h3-11,16-17,25H,12-15H2,1-2H3,(H2,23,24,28). The maximum atomic E-state index is 13.1. The van der Waals surface area contributed by atoms with E-state index in [0.717, 1.165) is 0 Å². The Morgan fingerprint density at radius 2 is 1.58 bits per heavy atom. The molecule has 1 fully saturated rings. The summed E-state index contributed by atoms with van der Waals surface area (Å²) in [5.74, 6) is -0.190. The third kappa shape index (κ3) is 6.05. The number of para-hydroxylation sites is 1. The molecule has 0 radical (unpaired) electrons. The van der Waals surface area contributed by atoms with Crippen LogP contribution in [0.1, 0.15) is 37.0 Å². The number of sulfonamides is 1. The van der Waals surface area contributed by atoms with Gasteiger partial charge in [-0.05, 0) is 51.0 Å². The van der Waals surface area contributed by atoms with Crippen LogP contribution in [0.25, 0.3) is 0 Å². The van der Waals surface area contributed by atoms with E-state index >= 15 is 0 Å². The molecule has 0 saturated carbocycles. The van der Waals surface area contributed by atoms with E-state index in [9.17, 15) is 18.0 Å². The van der Waals surface area contributed by atoms with E-state index in [1.807, 2.05) is 13.8 Å². The number of nitrogens with zero attached hydrogens (tertiary/aromatic N) is 1. The highest BCUT2D eigenvalue weighted by atomic mass is 32.2. The molecule has 9 heteroatoms. The maximum Gasteiger partial charge on any atom is 0.319 e. The van der Waals surface area contributed by atoms with Crippen molar-refractivity contribution >= 4 is 27.6 Å². The second-order valence-electron chi connectivity index (χ2n) is 7.80. The Balaban J connectivity index is 1.61. The second kappa shape index (κ2) is 9.93. The number of carbonyl (C=O) groups is 2. The molecule has 1 saturated heterocycles. The van der Waals surface area contributed by atoms with Gasteiger partial charge in [-0.1, -0.05) is 30.3 Å². The van der Waals surface area contributed by atoms with Crippen molar-refractivity contribution < 1.29 is 18.0 Å². The van der Waals surface area contributed by atoms with Gasteiger partial charge in [0.1, 0.15) is 0 Å². The van der Waals surface area contributed by atoms with Crippen molar-refractivity contribution in [2.45, 2.75) is 43.7 Å². The number of benzene rings is 2. The van der Waals surface area contributed by atoms with Gasteiger partial charge in [-0.2, -0.15) is 0 Å². The van der Waals surface area contributed by atoms with Crippen LogP contribution in [0.15, 0.2) is 59.5 Å². The van der Waals surface area contributed by atoms with E-state index in [-0.39, 0.29) is 28.9 Å². The number of hydrogen-bond acceptors (Lipinski definition) is 4. The van der Waals surface area contributed by atoms with Crippen LogP contribution in [0.4, 0.5) is 10.5 Å². The summed E-state index contributed by atoms with van der Waals surface area (Å²) in [6.45, 7) is 4.56. The molecular formula is C22H28N4O4S. The highest BCUT2D eigenvalue weighted by Crippen LogP contribution is 2.21. The predicted octanol–water partition coefficient (Wildman–Crippen LogP) is 2.80. The Morgan fingerprint density at radius 3 is 2.23 bits per heavy atom. The molecule has 31 heavy (non-hydrogen) atoms. The molecule has 0 atom stereocenters. The number of carbonyl (C=O) groups excluding carboxylic acids is 2. The molecule has 0 bridgehead atoms. The molecule has 1 aliphatic rings. The molecule has 0 spiro atoms. The van der Waals surface area contributed by atoms with Crippen LogP contribution in [0, 0.1) is 0 Å². The maximum absolute atomic E-state index is 13.1. The summed E-state index contributed by atoms with van der Waals surface area (Å²) in [6.07, 6.45) is 1.03. The highest BCUT2D eigenvalue weighted by Gasteiger charge is 2.28. The third-order valence-corrected chi connectivity index (χ3v) is 6.52. The average molecular weight is 445 g/mol. The van der Waals surface area contributed by atoms with Crippen LogP contribution < -0.4 is 15.4 Å². The van der Waals surface area contributed by atoms with E-state index in [0.29, 0.717) is 37.2 Å². The van der Waals surface area contributed by atoms with Crippen molar-refractivity contribution in [2.24, 2.45) is 0 Å². The zero-order valence-corrected chi connectivity index (χ0v) is 18.5. The highest BCUT2D eigenvalue weighted by molar-refractivity contribution is 7.89. The second-order valence-corrected chi connectivity index (χ2v) is 9.51. The third-order valence-electron chi connectivity index (χ3n) is 4.98. The monoisotopic (exact) mass is 444 g/mol. The van der Waals surface area contributed by atoms with Gasteiger partial charge in [0.25, 0.3) is 5.91 Å². The molecule has 0 aromatic heterocycles. The summed E-state index contributed by atoms with van der Waals surface area (Å²) in [5, 5.41) is 5.47. The molecule has 1 aliphatic heterocycles. The number of rotatable bonds is 6. The number of amides is 3. The quantitative estimate of drug-likeness (QED) is 0.637. The Hall–Kier alpha value is -2.91. The molecule has 3 rings (SSSR count). The summed E-state index contributed by atoms with van der Waals surface area (Å²) < 4.78 is 27.8. The minimum absolute atomic E-state index is 0.0263. The lowest BCUT2D eigenvalue weighted by molar-refractivity contribution is 0.0712. The van der Waals surface area contributed by atoms with E-state index in [4.69, 9.17) is 0 Å². The average Bonchev–Trinajstić information content (AvgIpc) is 2.74. The van der Waals surface area contributed by atoms with Gasteiger partial charge in [-0.3, -0.25) is 4.79 Å². The first-order chi connectivity index (χ1) is 14.8. The molecule has 3 N–H and O–H groups in total. The molecule has 166 valence electrons. The Labute approximate surface area is 183 Å². The van der Waals surface area contributed by atoms with Gasteiger partial charge in [-0.25, -0.2) is 17.9 Å². The molecule has 2 aromatic rings. The Bertz CT molecular complexity index is 1020. The van der Waals surface area contributed by atoms with Crippen molar-refractivity contribution in [1.82, 2.24) is 14.9 Å².